The molecule has 6 heteroatoms. The lowest BCUT2D eigenvalue weighted by atomic mass is 10.1. The highest BCUT2D eigenvalue weighted by Crippen LogP contribution is 2.28. The fourth-order valence-electron chi connectivity index (χ4n) is 2.21. The van der Waals surface area contributed by atoms with Crippen LogP contribution in [0.2, 0.25) is 0 Å². The molecular weight excluding hydrogens is 420 g/mol. The highest BCUT2D eigenvalue weighted by molar-refractivity contribution is 14.0. The minimum absolute atomic E-state index is 0. The van der Waals surface area contributed by atoms with Gasteiger partial charge in [0.1, 0.15) is 5.82 Å². The van der Waals surface area contributed by atoms with Gasteiger partial charge in [-0.05, 0) is 56.2 Å². The minimum Gasteiger partial charge on any atom is -0.381 e. The number of hydrogen-bond acceptors (Lipinski definition) is 2. The zero-order chi connectivity index (χ0) is 16.3. The van der Waals surface area contributed by atoms with Gasteiger partial charge in [0.15, 0.2) is 5.96 Å². The molecule has 1 saturated carbocycles. The van der Waals surface area contributed by atoms with Gasteiger partial charge in [-0.25, -0.2) is 4.39 Å². The Kier molecular flexibility index (Phi) is 11.0. The molecule has 0 unspecified atom stereocenters. The Morgan fingerprint density at radius 3 is 2.67 bits per heavy atom. The van der Waals surface area contributed by atoms with E-state index in [9.17, 15) is 4.39 Å². The van der Waals surface area contributed by atoms with Crippen LogP contribution in [0, 0.1) is 11.7 Å². The van der Waals surface area contributed by atoms with E-state index >= 15 is 0 Å². The van der Waals surface area contributed by atoms with Gasteiger partial charge in [-0.3, -0.25) is 4.99 Å². The summed E-state index contributed by atoms with van der Waals surface area (Å²) in [5.41, 5.74) is 1.11. The monoisotopic (exact) mass is 449 g/mol. The first-order chi connectivity index (χ1) is 11.3. The number of benzene rings is 1. The highest BCUT2D eigenvalue weighted by atomic mass is 127. The van der Waals surface area contributed by atoms with Crippen molar-refractivity contribution in [2.45, 2.75) is 32.6 Å². The predicted octanol–water partition coefficient (Wildman–Crippen LogP) is 3.36. The van der Waals surface area contributed by atoms with Crippen molar-refractivity contribution >= 4 is 29.9 Å². The summed E-state index contributed by atoms with van der Waals surface area (Å²) in [6.45, 7) is 6.12. The summed E-state index contributed by atoms with van der Waals surface area (Å²) in [6, 6.07) is 6.63. The van der Waals surface area contributed by atoms with Gasteiger partial charge in [-0.15, -0.1) is 24.0 Å². The number of nitrogens with zero attached hydrogens (tertiary/aromatic N) is 1. The van der Waals surface area contributed by atoms with E-state index in [2.05, 4.69) is 22.5 Å². The normalized spacial score (nSPS) is 14.2. The predicted molar refractivity (Wildman–Crippen MR) is 108 cm³/mol. The number of guanidine groups is 1. The van der Waals surface area contributed by atoms with Gasteiger partial charge in [0, 0.05) is 32.8 Å². The SMILES string of the molecule is CCNC(=NCCCOCC1CC1)NCCc1ccc(F)cc1.I. The smallest absolute Gasteiger partial charge is 0.191 e. The van der Waals surface area contributed by atoms with Gasteiger partial charge in [-0.1, -0.05) is 12.1 Å². The number of halogens is 2. The minimum atomic E-state index is -0.194. The summed E-state index contributed by atoms with van der Waals surface area (Å²) in [6.07, 6.45) is 4.46. The van der Waals surface area contributed by atoms with Crippen LogP contribution in [0.25, 0.3) is 0 Å². The number of rotatable bonds is 10. The third-order valence-electron chi connectivity index (χ3n) is 3.73. The van der Waals surface area contributed by atoms with E-state index in [1.165, 1.54) is 25.0 Å². The average molecular weight is 449 g/mol. The largest absolute Gasteiger partial charge is 0.381 e. The molecule has 0 saturated heterocycles. The van der Waals surface area contributed by atoms with Crippen LogP contribution in [0.1, 0.15) is 31.7 Å². The average Bonchev–Trinajstić information content (AvgIpc) is 3.37. The molecule has 0 bridgehead atoms. The third-order valence-corrected chi connectivity index (χ3v) is 3.73. The van der Waals surface area contributed by atoms with E-state index in [1.807, 2.05) is 12.1 Å². The lowest BCUT2D eigenvalue weighted by Gasteiger charge is -2.11. The van der Waals surface area contributed by atoms with Crippen LogP contribution in [0.4, 0.5) is 4.39 Å². The molecule has 1 fully saturated rings. The molecule has 4 nitrogen and oxygen atoms in total. The molecule has 0 spiro atoms. The maximum Gasteiger partial charge on any atom is 0.191 e. The summed E-state index contributed by atoms with van der Waals surface area (Å²) in [5.74, 6) is 1.46. The molecule has 2 rings (SSSR count). The van der Waals surface area contributed by atoms with E-state index in [-0.39, 0.29) is 29.8 Å². The molecule has 0 heterocycles. The molecule has 0 aromatic heterocycles. The van der Waals surface area contributed by atoms with Crippen LogP contribution in [0.3, 0.4) is 0 Å². The second-order valence-corrected chi connectivity index (χ2v) is 5.94. The zero-order valence-corrected chi connectivity index (χ0v) is 16.7. The maximum absolute atomic E-state index is 12.9. The van der Waals surface area contributed by atoms with Crippen molar-refractivity contribution < 1.29 is 9.13 Å². The van der Waals surface area contributed by atoms with Crippen molar-refractivity contribution in [1.29, 1.82) is 0 Å². The Labute approximate surface area is 161 Å². The number of ether oxygens (including phenoxy) is 1. The summed E-state index contributed by atoms with van der Waals surface area (Å²) in [5, 5.41) is 6.54. The Hall–Kier alpha value is -0.890. The van der Waals surface area contributed by atoms with Crippen molar-refractivity contribution in [3.05, 3.63) is 35.6 Å². The lowest BCUT2D eigenvalue weighted by molar-refractivity contribution is 0.123. The van der Waals surface area contributed by atoms with Crippen LogP contribution in [0.15, 0.2) is 29.3 Å². The quantitative estimate of drug-likeness (QED) is 0.249. The topological polar surface area (TPSA) is 45.7 Å². The van der Waals surface area contributed by atoms with Crippen molar-refractivity contribution in [1.82, 2.24) is 10.6 Å². The fourth-order valence-corrected chi connectivity index (χ4v) is 2.21. The maximum atomic E-state index is 12.9. The number of nitrogens with one attached hydrogen (secondary N) is 2. The first-order valence-corrected chi connectivity index (χ1v) is 8.62. The first kappa shape index (κ1) is 21.2. The molecule has 0 atom stereocenters. The molecular formula is C18H29FIN3O. The first-order valence-electron chi connectivity index (χ1n) is 8.62. The van der Waals surface area contributed by atoms with Gasteiger partial charge >= 0.3 is 0 Å². The second kappa shape index (κ2) is 12.5. The summed E-state index contributed by atoms with van der Waals surface area (Å²) >= 11 is 0. The molecule has 1 aliphatic carbocycles. The van der Waals surface area contributed by atoms with Crippen LogP contribution < -0.4 is 10.6 Å². The van der Waals surface area contributed by atoms with Crippen LogP contribution in [-0.2, 0) is 11.2 Å². The molecule has 0 amide bonds. The molecule has 1 aromatic rings. The lowest BCUT2D eigenvalue weighted by Crippen LogP contribution is -2.38. The van der Waals surface area contributed by atoms with Gasteiger partial charge < -0.3 is 15.4 Å². The molecule has 1 aliphatic rings. The summed E-state index contributed by atoms with van der Waals surface area (Å²) in [7, 11) is 0. The van der Waals surface area contributed by atoms with Gasteiger partial charge in [0.2, 0.25) is 0 Å². The van der Waals surface area contributed by atoms with E-state index in [4.69, 9.17) is 4.74 Å². The molecule has 0 radical (unpaired) electrons. The molecule has 1 aromatic carbocycles. The van der Waals surface area contributed by atoms with E-state index in [1.54, 1.807) is 0 Å². The van der Waals surface area contributed by atoms with E-state index in [0.717, 1.165) is 63.1 Å². The Balaban J connectivity index is 0.00000288. The van der Waals surface area contributed by atoms with Crippen LogP contribution in [-0.4, -0.2) is 38.8 Å². The molecule has 136 valence electrons. The van der Waals surface area contributed by atoms with Gasteiger partial charge in [0.05, 0.1) is 0 Å². The van der Waals surface area contributed by atoms with Gasteiger partial charge in [-0.2, -0.15) is 0 Å². The highest BCUT2D eigenvalue weighted by Gasteiger charge is 2.20. The molecule has 0 aliphatic heterocycles. The number of aliphatic imine (C=N–C) groups is 1. The van der Waals surface area contributed by atoms with Crippen LogP contribution in [0.5, 0.6) is 0 Å². The Morgan fingerprint density at radius 1 is 1.25 bits per heavy atom. The molecule has 24 heavy (non-hydrogen) atoms. The second-order valence-electron chi connectivity index (χ2n) is 5.94. The fraction of sp³-hybridized carbons (Fsp3) is 0.611. The third kappa shape index (κ3) is 9.42. The van der Waals surface area contributed by atoms with Crippen molar-refractivity contribution in [2.75, 3.05) is 32.8 Å². The standard InChI is InChI=1S/C18H28FN3O.HI/c1-2-20-18(21-11-3-13-23-14-16-4-5-16)22-12-10-15-6-8-17(19)9-7-15;/h6-9,16H,2-5,10-14H2,1H3,(H2,20,21,22);1H. The van der Waals surface area contributed by atoms with E-state index < -0.39 is 0 Å². The van der Waals surface area contributed by atoms with Gasteiger partial charge in [0.25, 0.3) is 0 Å². The van der Waals surface area contributed by atoms with Crippen molar-refractivity contribution in [3.63, 3.8) is 0 Å². The van der Waals surface area contributed by atoms with Crippen molar-refractivity contribution in [3.8, 4) is 0 Å². The van der Waals surface area contributed by atoms with E-state index in [0.29, 0.717) is 0 Å². The summed E-state index contributed by atoms with van der Waals surface area (Å²) in [4.78, 5) is 4.55. The Bertz CT molecular complexity index is 478. The molecule has 2 N–H and O–H groups in total. The van der Waals surface area contributed by atoms with Crippen molar-refractivity contribution in [2.24, 2.45) is 10.9 Å². The summed E-state index contributed by atoms with van der Waals surface area (Å²) < 4.78 is 18.5. The Morgan fingerprint density at radius 2 is 2.00 bits per heavy atom. The zero-order valence-electron chi connectivity index (χ0n) is 14.4. The number of hydrogen-bond donors (Lipinski definition) is 2. The van der Waals surface area contributed by atoms with Crippen LogP contribution >= 0.6 is 24.0 Å².